The molecule has 42 valence electrons. The van der Waals surface area contributed by atoms with Gasteiger partial charge >= 0.3 is 51.4 Å². The van der Waals surface area contributed by atoms with E-state index in [9.17, 15) is 0 Å². The summed E-state index contributed by atoms with van der Waals surface area (Å²) in [5, 5.41) is 0. The molecule has 0 amide bonds. The van der Waals surface area contributed by atoms with E-state index in [0.29, 0.717) is 0 Å². The maximum absolute atomic E-state index is 9.11. The fourth-order valence-electron chi connectivity index (χ4n) is 0. The third kappa shape index (κ3) is 76.8. The summed E-state index contributed by atoms with van der Waals surface area (Å²) in [6, 6.07) is 0. The van der Waals surface area contributed by atoms with Gasteiger partial charge in [-0.05, 0) is 0 Å². The van der Waals surface area contributed by atoms with Crippen molar-refractivity contribution in [2.75, 3.05) is 0 Å². The summed E-state index contributed by atoms with van der Waals surface area (Å²) in [5.74, 6) is 0. The maximum Gasteiger partial charge on any atom is 1.00 e. The van der Waals surface area contributed by atoms with E-state index in [4.69, 9.17) is 13.3 Å². The monoisotopic (exact) mass is 172 g/mol. The van der Waals surface area contributed by atoms with Gasteiger partial charge in [0, 0.05) is 11.2 Å². The quantitative estimate of drug-likeness (QED) is 0.364. The Morgan fingerprint density at radius 1 is 1.57 bits per heavy atom. The Morgan fingerprint density at radius 2 is 1.57 bits per heavy atom. The van der Waals surface area contributed by atoms with Crippen molar-refractivity contribution in [3.8, 4) is 0 Å². The van der Waals surface area contributed by atoms with Gasteiger partial charge in [0.05, 0.1) is 0 Å². The molecule has 0 aliphatic carbocycles. The molecule has 4 nitrogen and oxygen atoms in total. The molecule has 0 rings (SSSR count). The van der Waals surface area contributed by atoms with Crippen LogP contribution >= 0.6 is 0 Å². The first-order valence-corrected chi connectivity index (χ1v) is 3.10. The van der Waals surface area contributed by atoms with Crippen molar-refractivity contribution in [1.29, 1.82) is 0 Å². The molecule has 0 aliphatic rings. The molecular formula is H5KO4S2. The number of hydrogen-bond acceptors (Lipinski definition) is 2. The zero-order valence-electron chi connectivity index (χ0n) is 4.62. The fourth-order valence-corrected chi connectivity index (χ4v) is 0. The van der Waals surface area contributed by atoms with Gasteiger partial charge in [-0.25, -0.2) is 0 Å². The minimum Gasteiger partial charge on any atom is -1.00 e. The van der Waals surface area contributed by atoms with Gasteiger partial charge in [-0.1, -0.05) is 0 Å². The van der Waals surface area contributed by atoms with Crippen LogP contribution in [0.4, 0.5) is 0 Å². The van der Waals surface area contributed by atoms with Crippen molar-refractivity contribution in [2.24, 2.45) is 0 Å². The van der Waals surface area contributed by atoms with Crippen LogP contribution in [0.1, 0.15) is 1.43 Å². The molecule has 0 fully saturated rings. The predicted octanol–water partition coefficient (Wildman–Crippen LogP) is -4.03. The molecule has 0 heterocycles. The van der Waals surface area contributed by atoms with Crippen molar-refractivity contribution < 1.29 is 71.6 Å². The van der Waals surface area contributed by atoms with Crippen LogP contribution in [0.2, 0.25) is 0 Å². The van der Waals surface area contributed by atoms with Gasteiger partial charge in [-0.15, -0.1) is 0 Å². The average Bonchev–Trinajstić information content (AvgIpc) is 0.722. The van der Waals surface area contributed by atoms with E-state index in [1.165, 1.54) is 0 Å². The Balaban J connectivity index is -0.0000000267. The van der Waals surface area contributed by atoms with Gasteiger partial charge < -0.3 is 6.90 Å². The molecule has 0 aromatic rings. The summed E-state index contributed by atoms with van der Waals surface area (Å²) in [6.07, 6.45) is 0. The smallest absolute Gasteiger partial charge is 1.00 e. The third-order valence-corrected chi connectivity index (χ3v) is 0. The number of rotatable bonds is 0. The van der Waals surface area contributed by atoms with Crippen LogP contribution in [0.25, 0.3) is 0 Å². The molecule has 0 saturated heterocycles. The van der Waals surface area contributed by atoms with E-state index >= 15 is 0 Å². The molecule has 7 heavy (non-hydrogen) atoms. The molecule has 0 unspecified atom stereocenters. The minimum absolute atomic E-state index is 0. The molecular weight excluding hydrogens is 167 g/mol. The summed E-state index contributed by atoms with van der Waals surface area (Å²) in [6.45, 7) is 0. The Morgan fingerprint density at radius 3 is 1.57 bits per heavy atom. The summed E-state index contributed by atoms with van der Waals surface area (Å²) >= 11 is 3.47. The topological polar surface area (TPSA) is 89.0 Å². The summed E-state index contributed by atoms with van der Waals surface area (Å²) in [4.78, 5) is 0. The van der Waals surface area contributed by atoms with Crippen LogP contribution in [-0.4, -0.2) is 18.8 Å². The Kier molecular flexibility index (Phi) is 13.7. The molecule has 0 spiro atoms. The molecule has 4 N–H and O–H groups in total. The SMILES string of the molecule is O.O=S(O)(O)=S.[H-].[K+]. The molecule has 0 radical (unpaired) electrons. The van der Waals surface area contributed by atoms with Crippen molar-refractivity contribution in [2.45, 2.75) is 0 Å². The van der Waals surface area contributed by atoms with Gasteiger partial charge in [0.15, 0.2) is 0 Å². The average molecular weight is 172 g/mol. The van der Waals surface area contributed by atoms with Crippen LogP contribution in [-0.2, 0) is 20.2 Å². The van der Waals surface area contributed by atoms with E-state index in [0.717, 1.165) is 0 Å². The Hall–Kier alpha value is 1.89. The van der Waals surface area contributed by atoms with E-state index in [1.807, 2.05) is 0 Å². The second-order valence-electron chi connectivity index (χ2n) is 0.448. The Bertz CT molecular complexity index is 97.2. The Labute approximate surface area is 90.2 Å². The molecule has 7 heteroatoms. The summed E-state index contributed by atoms with van der Waals surface area (Å²) in [5.41, 5.74) is 0. The molecule has 0 aromatic carbocycles. The van der Waals surface area contributed by atoms with Crippen LogP contribution in [0, 0.1) is 0 Å². The second kappa shape index (κ2) is 6.01. The second-order valence-corrected chi connectivity index (χ2v) is 2.65. The van der Waals surface area contributed by atoms with Gasteiger partial charge in [-0.2, -0.15) is 4.21 Å². The zero-order valence-corrected chi connectivity index (χ0v) is 8.38. The summed E-state index contributed by atoms with van der Waals surface area (Å²) in [7, 11) is -3.83. The first kappa shape index (κ1) is 16.0. The van der Waals surface area contributed by atoms with E-state index < -0.39 is 9.05 Å². The molecule has 0 aliphatic heterocycles. The van der Waals surface area contributed by atoms with Crippen LogP contribution in [0.5, 0.6) is 0 Å². The van der Waals surface area contributed by atoms with E-state index in [1.54, 1.807) is 0 Å². The van der Waals surface area contributed by atoms with Gasteiger partial charge in [0.25, 0.3) is 9.05 Å². The van der Waals surface area contributed by atoms with Crippen LogP contribution in [0.3, 0.4) is 0 Å². The largest absolute Gasteiger partial charge is 1.00 e. The fraction of sp³-hybridized carbons (Fsp3) is 0. The van der Waals surface area contributed by atoms with E-state index in [2.05, 4.69) is 11.2 Å². The van der Waals surface area contributed by atoms with Crippen molar-refractivity contribution in [3.63, 3.8) is 0 Å². The maximum atomic E-state index is 9.11. The van der Waals surface area contributed by atoms with Crippen LogP contribution < -0.4 is 51.4 Å². The van der Waals surface area contributed by atoms with Crippen molar-refractivity contribution in [1.82, 2.24) is 0 Å². The normalized spacial score (nSPS) is 8.29. The van der Waals surface area contributed by atoms with E-state index in [-0.39, 0.29) is 58.3 Å². The molecule has 0 aromatic heterocycles. The van der Waals surface area contributed by atoms with Crippen molar-refractivity contribution >= 4 is 20.2 Å². The van der Waals surface area contributed by atoms with Gasteiger partial charge in [0.1, 0.15) is 0 Å². The predicted molar refractivity (Wildman–Crippen MR) is 25.5 cm³/mol. The third-order valence-electron chi connectivity index (χ3n) is 0. The minimum atomic E-state index is -3.83. The first-order valence-electron chi connectivity index (χ1n) is 0.698. The molecule has 0 saturated carbocycles. The van der Waals surface area contributed by atoms with Crippen LogP contribution in [0.15, 0.2) is 0 Å². The van der Waals surface area contributed by atoms with Gasteiger partial charge in [0.2, 0.25) is 0 Å². The number of hydrogen-bond donors (Lipinski definition) is 2. The zero-order chi connectivity index (χ0) is 4.50. The van der Waals surface area contributed by atoms with Gasteiger partial charge in [-0.3, -0.25) is 9.11 Å². The standard InChI is InChI=1S/K.H2O3S2.H2O.H/c;1-5(2,3)4;;/h;(H2,1,2,3,4);1H2;/q+1;;;-1. The molecule has 0 atom stereocenters. The summed E-state index contributed by atoms with van der Waals surface area (Å²) < 4.78 is 24.0. The molecule has 0 bridgehead atoms. The first-order chi connectivity index (χ1) is 2.00. The van der Waals surface area contributed by atoms with Crippen molar-refractivity contribution in [3.05, 3.63) is 0 Å².